The molecule has 0 saturated carbocycles. The number of carbonyl (C=O) groups excluding carboxylic acids is 1. The molecule has 1 amide bonds. The van der Waals surface area contributed by atoms with Crippen LogP contribution in [0.3, 0.4) is 0 Å². The number of carbonyl (C=O) groups is 1. The van der Waals surface area contributed by atoms with Crippen molar-refractivity contribution in [1.29, 1.82) is 0 Å². The van der Waals surface area contributed by atoms with Crippen LogP contribution in [0, 0.1) is 0 Å². The van der Waals surface area contributed by atoms with Crippen LogP contribution in [-0.4, -0.2) is 47.3 Å². The average molecular weight is 444 g/mol. The van der Waals surface area contributed by atoms with E-state index in [1.807, 2.05) is 6.92 Å². The lowest BCUT2D eigenvalue weighted by Crippen LogP contribution is -2.61. The fourth-order valence-electron chi connectivity index (χ4n) is 3.70. The van der Waals surface area contributed by atoms with Crippen molar-refractivity contribution in [2.75, 3.05) is 27.9 Å². The molecule has 0 radical (unpaired) electrons. The van der Waals surface area contributed by atoms with Crippen LogP contribution in [0.25, 0.3) is 0 Å². The van der Waals surface area contributed by atoms with E-state index < -0.39 is 8.97 Å². The van der Waals surface area contributed by atoms with Crippen LogP contribution in [0.1, 0.15) is 110 Å². The Morgan fingerprint density at radius 1 is 0.700 bits per heavy atom. The molecule has 5 nitrogen and oxygen atoms in total. The fraction of sp³-hybridized carbons (Fsp3) is 0.875. The summed E-state index contributed by atoms with van der Waals surface area (Å²) < 4.78 is 18.2. The van der Waals surface area contributed by atoms with Gasteiger partial charge in [-0.15, -0.1) is 0 Å². The zero-order chi connectivity index (χ0) is 22.5. The molecule has 0 atom stereocenters. The molecule has 0 aliphatic heterocycles. The van der Waals surface area contributed by atoms with Gasteiger partial charge in [0.25, 0.3) is 0 Å². The first kappa shape index (κ1) is 29.3. The largest absolute Gasteiger partial charge is 0.635 e. The van der Waals surface area contributed by atoms with E-state index in [0.717, 1.165) is 19.3 Å². The lowest BCUT2D eigenvalue weighted by atomic mass is 10.1. The maximum Gasteiger partial charge on any atom is 0.635 e. The molecule has 0 N–H and O–H groups in total. The van der Waals surface area contributed by atoms with Crippen molar-refractivity contribution in [3.05, 3.63) is 12.2 Å². The van der Waals surface area contributed by atoms with Gasteiger partial charge in [-0.3, -0.25) is 4.79 Å². The van der Waals surface area contributed by atoms with Crippen LogP contribution < -0.4 is 0 Å². The zero-order valence-electron chi connectivity index (χ0n) is 20.5. The lowest BCUT2D eigenvalue weighted by molar-refractivity contribution is -0.131. The maximum atomic E-state index is 12.7. The molecule has 0 unspecified atom stereocenters. The van der Waals surface area contributed by atoms with E-state index in [9.17, 15) is 4.79 Å². The van der Waals surface area contributed by atoms with Crippen molar-refractivity contribution in [3.8, 4) is 0 Å². The Labute approximate surface area is 188 Å². The third-order valence-corrected chi connectivity index (χ3v) is 8.19. The second-order valence-electron chi connectivity index (χ2n) is 8.02. The predicted molar refractivity (Wildman–Crippen MR) is 128 cm³/mol. The quantitative estimate of drug-likeness (QED) is 0.113. The van der Waals surface area contributed by atoms with Crippen LogP contribution in [0.5, 0.6) is 0 Å². The highest BCUT2D eigenvalue weighted by Crippen LogP contribution is 2.17. The van der Waals surface area contributed by atoms with E-state index in [-0.39, 0.29) is 5.91 Å². The maximum absolute atomic E-state index is 12.7. The molecule has 6 heteroatoms. The summed E-state index contributed by atoms with van der Waals surface area (Å²) in [6.45, 7) is 4.91. The smallest absolute Gasteiger partial charge is 0.360 e. The Balaban J connectivity index is 3.84. The monoisotopic (exact) mass is 443 g/mol. The minimum absolute atomic E-state index is 0.0756. The molecule has 0 rings (SSSR count). The number of rotatable bonds is 21. The topological polar surface area (TPSA) is 48.0 Å². The molecule has 0 heterocycles. The van der Waals surface area contributed by atoms with Crippen molar-refractivity contribution >= 4 is 14.9 Å². The summed E-state index contributed by atoms with van der Waals surface area (Å²) in [6.07, 6.45) is 22.4. The number of unbranched alkanes of at least 4 members (excludes halogenated alkanes) is 11. The van der Waals surface area contributed by atoms with Crippen LogP contribution >= 0.6 is 0 Å². The van der Waals surface area contributed by atoms with Crippen molar-refractivity contribution in [3.63, 3.8) is 0 Å². The normalized spacial score (nSPS) is 12.0. The molecule has 0 aromatic rings. The Bertz CT molecular complexity index is 419. The summed E-state index contributed by atoms with van der Waals surface area (Å²) in [5.74, 6) is 0.0756. The second-order valence-corrected chi connectivity index (χ2v) is 10.8. The summed E-state index contributed by atoms with van der Waals surface area (Å²) in [4.78, 5) is 12.7. The van der Waals surface area contributed by atoms with E-state index in [1.165, 1.54) is 70.6 Å². The van der Waals surface area contributed by atoms with Gasteiger partial charge in [0.15, 0.2) is 0 Å². The van der Waals surface area contributed by atoms with Crippen LogP contribution in [0.15, 0.2) is 12.2 Å². The molecule has 178 valence electrons. The van der Waals surface area contributed by atoms with E-state index in [1.54, 1.807) is 25.9 Å². The van der Waals surface area contributed by atoms with Gasteiger partial charge in [0.2, 0.25) is 5.91 Å². The van der Waals surface area contributed by atoms with E-state index >= 15 is 0 Å². The van der Waals surface area contributed by atoms with Gasteiger partial charge < -0.3 is 17.8 Å². The highest BCUT2D eigenvalue weighted by Gasteiger charge is 2.49. The molecule has 0 aliphatic rings. The number of hydrogen-bond donors (Lipinski definition) is 0. The zero-order valence-corrected chi connectivity index (χ0v) is 21.5. The summed E-state index contributed by atoms with van der Waals surface area (Å²) in [5.41, 5.74) is 0. The number of hydrogen-bond acceptors (Lipinski definition) is 4. The molecule has 0 spiro atoms. The number of amides is 1. The summed E-state index contributed by atoms with van der Waals surface area (Å²) in [7, 11) is 1.59. The van der Waals surface area contributed by atoms with Gasteiger partial charge in [0.1, 0.15) is 0 Å². The van der Waals surface area contributed by atoms with E-state index in [0.29, 0.717) is 13.0 Å². The Kier molecular flexibility index (Phi) is 19.8. The minimum atomic E-state index is -3.06. The third kappa shape index (κ3) is 12.9. The standard InChI is InChI=1S/C24H49NO4Si/c1-6-8-9-10-11-12-13-14-15-16-17-18-19-20-21-22-24(26)25(23-7-2)30(27-3,28-4)29-5/h14-15H,6-13,16-23H2,1-5H3/b15-14-. The Morgan fingerprint density at radius 3 is 1.63 bits per heavy atom. The molecule has 0 saturated heterocycles. The van der Waals surface area contributed by atoms with Gasteiger partial charge in [0, 0.05) is 34.3 Å². The fourth-order valence-corrected chi connectivity index (χ4v) is 5.78. The molecular weight excluding hydrogens is 394 g/mol. The first-order valence-electron chi connectivity index (χ1n) is 12.2. The lowest BCUT2D eigenvalue weighted by Gasteiger charge is -2.35. The highest BCUT2D eigenvalue weighted by atomic mass is 28.4. The van der Waals surface area contributed by atoms with Gasteiger partial charge in [-0.05, 0) is 38.5 Å². The molecule has 0 fully saturated rings. The first-order chi connectivity index (χ1) is 14.6. The molecule has 0 aromatic carbocycles. The van der Waals surface area contributed by atoms with Gasteiger partial charge >= 0.3 is 8.97 Å². The molecule has 0 aromatic heterocycles. The Morgan fingerprint density at radius 2 is 1.17 bits per heavy atom. The molecule has 0 aliphatic carbocycles. The van der Waals surface area contributed by atoms with E-state index in [2.05, 4.69) is 19.1 Å². The summed E-state index contributed by atoms with van der Waals surface area (Å²) in [6, 6.07) is 0. The van der Waals surface area contributed by atoms with Crippen LogP contribution in [-0.2, 0) is 18.1 Å². The second kappa shape index (κ2) is 20.2. The van der Waals surface area contributed by atoms with Crippen LogP contribution in [0.4, 0.5) is 0 Å². The van der Waals surface area contributed by atoms with Crippen molar-refractivity contribution < 1.29 is 18.1 Å². The number of nitrogens with zero attached hydrogens (tertiary/aromatic N) is 1. The van der Waals surface area contributed by atoms with Crippen molar-refractivity contribution in [1.82, 2.24) is 4.57 Å². The number of allylic oxidation sites excluding steroid dienone is 2. The molecule has 30 heavy (non-hydrogen) atoms. The SMILES string of the molecule is CCCCCCCC/C=C\CCCCCCCC(=O)N(CCC)[Si](OC)(OC)OC. The van der Waals surface area contributed by atoms with Crippen LogP contribution in [0.2, 0.25) is 0 Å². The summed E-state index contributed by atoms with van der Waals surface area (Å²) in [5, 5.41) is 0. The molecular formula is C24H49NO4Si. The average Bonchev–Trinajstić information content (AvgIpc) is 2.77. The summed E-state index contributed by atoms with van der Waals surface area (Å²) >= 11 is 0. The van der Waals surface area contributed by atoms with Crippen molar-refractivity contribution in [2.24, 2.45) is 0 Å². The predicted octanol–water partition coefficient (Wildman–Crippen LogP) is 6.64. The van der Waals surface area contributed by atoms with Crippen molar-refractivity contribution in [2.45, 2.75) is 110 Å². The first-order valence-corrected chi connectivity index (χ1v) is 13.9. The van der Waals surface area contributed by atoms with Gasteiger partial charge in [0.05, 0.1) is 0 Å². The van der Waals surface area contributed by atoms with E-state index in [4.69, 9.17) is 13.3 Å². The molecule has 0 bridgehead atoms. The van der Waals surface area contributed by atoms with Gasteiger partial charge in [-0.2, -0.15) is 0 Å². The highest BCUT2D eigenvalue weighted by molar-refractivity contribution is 6.60. The van der Waals surface area contributed by atoms with Gasteiger partial charge in [-0.25, -0.2) is 0 Å². The Hall–Kier alpha value is -0.693. The van der Waals surface area contributed by atoms with Gasteiger partial charge in [-0.1, -0.05) is 77.4 Å². The minimum Gasteiger partial charge on any atom is -0.360 e. The third-order valence-electron chi connectivity index (χ3n) is 5.51.